The summed E-state index contributed by atoms with van der Waals surface area (Å²) in [5, 5.41) is 4.08. The van der Waals surface area contributed by atoms with Crippen LogP contribution in [0.1, 0.15) is 50.2 Å². The van der Waals surface area contributed by atoms with Gasteiger partial charge in [0.2, 0.25) is 0 Å². The van der Waals surface area contributed by atoms with Gasteiger partial charge in [-0.1, -0.05) is 38.1 Å². The maximum absolute atomic E-state index is 12.9. The van der Waals surface area contributed by atoms with Crippen LogP contribution >= 0.6 is 0 Å². The molecular weight excluding hydrogens is 404 g/mol. The first-order valence-electron chi connectivity index (χ1n) is 11.5. The number of carbonyl (C=O) groups is 2. The molecule has 1 aromatic carbocycles. The van der Waals surface area contributed by atoms with E-state index in [1.54, 1.807) is 4.90 Å². The highest BCUT2D eigenvalue weighted by molar-refractivity contribution is 6.00. The summed E-state index contributed by atoms with van der Waals surface area (Å²) in [5.74, 6) is 0.469. The van der Waals surface area contributed by atoms with E-state index in [1.165, 1.54) is 5.56 Å². The molecule has 174 valence electrons. The molecular formula is C25H36N4O3. The van der Waals surface area contributed by atoms with E-state index in [2.05, 4.69) is 42.3 Å². The van der Waals surface area contributed by atoms with Crippen molar-refractivity contribution in [3.63, 3.8) is 0 Å². The number of hydrogen-bond donors (Lipinski definition) is 1. The molecule has 1 aliphatic heterocycles. The van der Waals surface area contributed by atoms with Crippen molar-refractivity contribution in [3.8, 4) is 0 Å². The third kappa shape index (κ3) is 5.71. The molecule has 0 bridgehead atoms. The van der Waals surface area contributed by atoms with E-state index >= 15 is 0 Å². The Morgan fingerprint density at radius 3 is 2.56 bits per heavy atom. The lowest BCUT2D eigenvalue weighted by molar-refractivity contribution is 0.0779. The molecule has 0 atom stereocenters. The Kier molecular flexibility index (Phi) is 7.96. The molecule has 7 nitrogen and oxygen atoms in total. The van der Waals surface area contributed by atoms with Crippen LogP contribution in [-0.4, -0.2) is 59.2 Å². The minimum Gasteiger partial charge on any atom is -0.450 e. The number of fused-ring (bicyclic) bond motifs is 1. The number of hydrogen-bond acceptors (Lipinski definition) is 4. The molecule has 1 saturated heterocycles. The van der Waals surface area contributed by atoms with Gasteiger partial charge in [0.05, 0.1) is 12.1 Å². The van der Waals surface area contributed by atoms with Crippen LogP contribution < -0.4 is 5.32 Å². The highest BCUT2D eigenvalue weighted by Gasteiger charge is 2.23. The van der Waals surface area contributed by atoms with Crippen LogP contribution in [0.3, 0.4) is 0 Å². The monoisotopic (exact) mass is 440 g/mol. The number of allylic oxidation sites excluding steroid dienone is 2. The van der Waals surface area contributed by atoms with E-state index < -0.39 is 0 Å². The van der Waals surface area contributed by atoms with Crippen molar-refractivity contribution < 1.29 is 14.3 Å². The molecule has 7 heteroatoms. The van der Waals surface area contributed by atoms with Gasteiger partial charge in [-0.05, 0) is 37.8 Å². The summed E-state index contributed by atoms with van der Waals surface area (Å²) >= 11 is 0. The maximum Gasteiger partial charge on any atom is 0.409 e. The Bertz CT molecular complexity index is 984. The Balaban J connectivity index is 1.72. The van der Waals surface area contributed by atoms with E-state index in [4.69, 9.17) is 4.74 Å². The van der Waals surface area contributed by atoms with Gasteiger partial charge in [-0.25, -0.2) is 4.79 Å². The van der Waals surface area contributed by atoms with Gasteiger partial charge in [0, 0.05) is 50.9 Å². The summed E-state index contributed by atoms with van der Waals surface area (Å²) in [4.78, 5) is 29.0. The number of nitrogens with one attached hydrogen (secondary N) is 1. The summed E-state index contributed by atoms with van der Waals surface area (Å²) in [5.41, 5.74) is 3.79. The number of carbonyl (C=O) groups excluding carboxylic acids is 2. The van der Waals surface area contributed by atoms with Crippen molar-refractivity contribution >= 4 is 22.9 Å². The van der Waals surface area contributed by atoms with Gasteiger partial charge >= 0.3 is 6.09 Å². The van der Waals surface area contributed by atoms with Gasteiger partial charge < -0.3 is 19.5 Å². The number of aryl methyl sites for hydroxylation is 1. The summed E-state index contributed by atoms with van der Waals surface area (Å²) in [7, 11) is 1.95. The zero-order chi connectivity index (χ0) is 23.3. The van der Waals surface area contributed by atoms with Crippen molar-refractivity contribution in [3.05, 3.63) is 47.3 Å². The minimum atomic E-state index is -0.231. The van der Waals surface area contributed by atoms with E-state index in [1.807, 2.05) is 37.6 Å². The van der Waals surface area contributed by atoms with Gasteiger partial charge in [-0.3, -0.25) is 9.69 Å². The topological polar surface area (TPSA) is 66.8 Å². The summed E-state index contributed by atoms with van der Waals surface area (Å²) in [6, 6.07) is 8.18. The first-order chi connectivity index (χ1) is 15.3. The average molecular weight is 441 g/mol. The third-order valence-electron chi connectivity index (χ3n) is 5.87. The van der Waals surface area contributed by atoms with Gasteiger partial charge in [-0.2, -0.15) is 0 Å². The van der Waals surface area contributed by atoms with Gasteiger partial charge in [0.25, 0.3) is 5.91 Å². The van der Waals surface area contributed by atoms with Crippen molar-refractivity contribution in [1.82, 2.24) is 19.7 Å². The largest absolute Gasteiger partial charge is 0.450 e. The van der Waals surface area contributed by atoms with Gasteiger partial charge in [0.1, 0.15) is 5.69 Å². The molecule has 0 radical (unpaired) electrons. The predicted octanol–water partition coefficient (Wildman–Crippen LogP) is 4.13. The minimum absolute atomic E-state index is 0.0878. The summed E-state index contributed by atoms with van der Waals surface area (Å²) < 4.78 is 7.10. The molecule has 1 fully saturated rings. The summed E-state index contributed by atoms with van der Waals surface area (Å²) in [6.07, 6.45) is 2.78. The van der Waals surface area contributed by atoms with Crippen molar-refractivity contribution in [2.75, 3.05) is 32.8 Å². The number of piperazine rings is 1. The molecule has 0 spiro atoms. The predicted molar refractivity (Wildman–Crippen MR) is 127 cm³/mol. The van der Waals surface area contributed by atoms with Gasteiger partial charge in [-0.15, -0.1) is 0 Å². The standard InChI is InChI=1S/C25H36N4O3/c1-6-32-25(31)29-14-12-28(13-15-29)17-21-9-7-8-20-16-22(27(5)23(20)21)24(30)26-19(4)11-10-18(2)3/h7-9,11,16,18H,6,10,12-15,17H2,1-5H3,(H,26,30)/b19-11+. The number of benzene rings is 1. The fourth-order valence-corrected chi connectivity index (χ4v) is 4.10. The molecule has 32 heavy (non-hydrogen) atoms. The molecule has 3 rings (SSSR count). The molecule has 1 aromatic heterocycles. The van der Waals surface area contributed by atoms with Crippen molar-refractivity contribution in [2.24, 2.45) is 13.0 Å². The van der Waals surface area contributed by atoms with E-state index in [0.29, 0.717) is 31.3 Å². The number of rotatable bonds is 7. The Labute approximate surface area is 191 Å². The maximum atomic E-state index is 12.9. The molecule has 1 aliphatic rings. The normalized spacial score (nSPS) is 15.4. The van der Waals surface area contributed by atoms with Crippen LogP contribution in [-0.2, 0) is 18.3 Å². The number of amides is 2. The van der Waals surface area contributed by atoms with Crippen molar-refractivity contribution in [1.29, 1.82) is 0 Å². The van der Waals surface area contributed by atoms with Crippen LogP contribution in [0.4, 0.5) is 4.79 Å². The highest BCUT2D eigenvalue weighted by Crippen LogP contribution is 2.24. The molecule has 2 amide bonds. The second-order valence-electron chi connectivity index (χ2n) is 8.88. The fourth-order valence-electron chi connectivity index (χ4n) is 4.10. The molecule has 2 aromatic rings. The molecule has 0 aliphatic carbocycles. The Hall–Kier alpha value is -2.80. The quantitative estimate of drug-likeness (QED) is 0.703. The Morgan fingerprint density at radius 1 is 1.19 bits per heavy atom. The first-order valence-corrected chi connectivity index (χ1v) is 11.5. The SMILES string of the molecule is CCOC(=O)N1CCN(Cc2cccc3cc(C(=O)N/C(C)=C/CC(C)C)n(C)c23)CC1. The second kappa shape index (κ2) is 10.7. The first kappa shape index (κ1) is 23.9. The van der Waals surface area contributed by atoms with Crippen LogP contribution in [0, 0.1) is 5.92 Å². The lowest BCUT2D eigenvalue weighted by Crippen LogP contribution is -2.48. The van der Waals surface area contributed by atoms with E-state index in [9.17, 15) is 9.59 Å². The lowest BCUT2D eigenvalue weighted by Gasteiger charge is -2.34. The summed E-state index contributed by atoms with van der Waals surface area (Å²) in [6.45, 7) is 12.2. The zero-order valence-corrected chi connectivity index (χ0v) is 20.0. The number of ether oxygens (including phenoxy) is 1. The van der Waals surface area contributed by atoms with E-state index in [0.717, 1.165) is 42.7 Å². The van der Waals surface area contributed by atoms with E-state index in [-0.39, 0.29) is 12.0 Å². The number of nitrogens with zero attached hydrogens (tertiary/aromatic N) is 3. The van der Waals surface area contributed by atoms with Crippen LogP contribution in [0.5, 0.6) is 0 Å². The lowest BCUT2D eigenvalue weighted by atomic mass is 10.1. The third-order valence-corrected chi connectivity index (χ3v) is 5.87. The molecule has 0 saturated carbocycles. The van der Waals surface area contributed by atoms with Gasteiger partial charge in [0.15, 0.2) is 0 Å². The highest BCUT2D eigenvalue weighted by atomic mass is 16.6. The smallest absolute Gasteiger partial charge is 0.409 e. The molecule has 1 N–H and O–H groups in total. The van der Waals surface area contributed by atoms with Crippen LogP contribution in [0.15, 0.2) is 36.0 Å². The zero-order valence-electron chi connectivity index (χ0n) is 20.0. The molecule has 2 heterocycles. The van der Waals surface area contributed by atoms with Crippen LogP contribution in [0.25, 0.3) is 10.9 Å². The average Bonchev–Trinajstić information content (AvgIpc) is 3.10. The molecule has 0 unspecified atom stereocenters. The number of aromatic nitrogens is 1. The van der Waals surface area contributed by atoms with Crippen molar-refractivity contribution in [2.45, 2.75) is 40.7 Å². The van der Waals surface area contributed by atoms with Crippen LogP contribution in [0.2, 0.25) is 0 Å². The second-order valence-corrected chi connectivity index (χ2v) is 8.88. The Morgan fingerprint density at radius 2 is 1.91 bits per heavy atom. The number of para-hydroxylation sites is 1. The fraction of sp³-hybridized carbons (Fsp3) is 0.520.